The number of aryl methyl sites for hydroxylation is 2. The lowest BCUT2D eigenvalue weighted by molar-refractivity contribution is -0.385. The fourth-order valence-electron chi connectivity index (χ4n) is 2.08. The topological polar surface area (TPSA) is 78.4 Å². The van der Waals surface area contributed by atoms with Gasteiger partial charge in [0.05, 0.1) is 11.0 Å². The Hall–Kier alpha value is -2.11. The zero-order chi connectivity index (χ0) is 15.6. The van der Waals surface area contributed by atoms with E-state index in [1.165, 1.54) is 6.07 Å². The quantitative estimate of drug-likeness (QED) is 0.681. The van der Waals surface area contributed by atoms with Gasteiger partial charge in [0.25, 0.3) is 5.69 Å². The summed E-state index contributed by atoms with van der Waals surface area (Å²) in [5, 5.41) is 11.5. The summed E-state index contributed by atoms with van der Waals surface area (Å²) in [6.45, 7) is 3.75. The smallest absolute Gasteiger partial charge is 0.276 e. The van der Waals surface area contributed by atoms with E-state index in [4.69, 9.17) is 22.1 Å². The second kappa shape index (κ2) is 6.11. The van der Waals surface area contributed by atoms with Gasteiger partial charge in [-0.3, -0.25) is 10.1 Å². The molecule has 110 valence electrons. The molecular weight excluding hydrogens is 292 g/mol. The third-order valence-corrected chi connectivity index (χ3v) is 3.54. The highest BCUT2D eigenvalue weighted by Crippen LogP contribution is 2.34. The number of hydrogen-bond acceptors (Lipinski definition) is 4. The number of ether oxygens (including phenoxy) is 1. The summed E-state index contributed by atoms with van der Waals surface area (Å²) in [5.74, 6) is 0.926. The van der Waals surface area contributed by atoms with E-state index in [1.807, 2.05) is 6.92 Å². The maximum Gasteiger partial charge on any atom is 0.276 e. The first-order valence-corrected chi connectivity index (χ1v) is 6.72. The van der Waals surface area contributed by atoms with Gasteiger partial charge in [-0.2, -0.15) is 0 Å². The number of benzene rings is 2. The number of nitro benzene ring substituents is 1. The summed E-state index contributed by atoms with van der Waals surface area (Å²) in [6, 6.07) is 8.35. The molecule has 2 N–H and O–H groups in total. The lowest BCUT2D eigenvalue weighted by Crippen LogP contribution is -2.01. The molecule has 0 fully saturated rings. The highest BCUT2D eigenvalue weighted by Gasteiger charge is 2.16. The molecule has 21 heavy (non-hydrogen) atoms. The van der Waals surface area contributed by atoms with Crippen molar-refractivity contribution in [1.82, 2.24) is 0 Å². The molecule has 0 radical (unpaired) electrons. The number of halogens is 1. The van der Waals surface area contributed by atoms with Crippen LogP contribution in [0.5, 0.6) is 11.5 Å². The lowest BCUT2D eigenvalue weighted by Gasteiger charge is -2.13. The van der Waals surface area contributed by atoms with E-state index in [0.29, 0.717) is 27.6 Å². The van der Waals surface area contributed by atoms with Crippen LogP contribution in [0.4, 0.5) is 5.69 Å². The van der Waals surface area contributed by atoms with Crippen LogP contribution < -0.4 is 10.5 Å². The standard InChI is InChI=1S/C15H15ClN2O3/c1-9-6-10(2)15(7-13(9)18(19)20)21-14-5-3-4-12(16)11(14)8-17/h3-7H,8,17H2,1-2H3. The molecule has 6 heteroatoms. The molecule has 0 aliphatic rings. The second-order valence-corrected chi connectivity index (χ2v) is 5.09. The van der Waals surface area contributed by atoms with Gasteiger partial charge < -0.3 is 10.5 Å². The van der Waals surface area contributed by atoms with Gasteiger partial charge in [0.2, 0.25) is 0 Å². The maximum atomic E-state index is 11.0. The van der Waals surface area contributed by atoms with Crippen molar-refractivity contribution in [2.75, 3.05) is 0 Å². The normalized spacial score (nSPS) is 10.5. The van der Waals surface area contributed by atoms with Crippen LogP contribution in [0, 0.1) is 24.0 Å². The first kappa shape index (κ1) is 15.3. The first-order chi connectivity index (χ1) is 9.93. The molecule has 0 bridgehead atoms. The average Bonchev–Trinajstić information content (AvgIpc) is 2.41. The maximum absolute atomic E-state index is 11.0. The van der Waals surface area contributed by atoms with Crippen LogP contribution in [0.2, 0.25) is 5.02 Å². The molecule has 0 aromatic heterocycles. The highest BCUT2D eigenvalue weighted by molar-refractivity contribution is 6.31. The SMILES string of the molecule is Cc1cc(C)c([N+](=O)[O-])cc1Oc1cccc(Cl)c1CN. The molecular formula is C15H15ClN2O3. The van der Waals surface area contributed by atoms with E-state index >= 15 is 0 Å². The Morgan fingerprint density at radius 2 is 1.95 bits per heavy atom. The Kier molecular flexibility index (Phi) is 4.45. The fourth-order valence-corrected chi connectivity index (χ4v) is 2.32. The summed E-state index contributed by atoms with van der Waals surface area (Å²) >= 11 is 6.07. The molecule has 0 aliphatic carbocycles. The van der Waals surface area contributed by atoms with E-state index in [1.54, 1.807) is 31.2 Å². The minimum absolute atomic E-state index is 0.0203. The summed E-state index contributed by atoms with van der Waals surface area (Å²) in [4.78, 5) is 10.6. The van der Waals surface area contributed by atoms with Gasteiger partial charge in [-0.15, -0.1) is 0 Å². The number of rotatable bonds is 4. The van der Waals surface area contributed by atoms with Crippen molar-refractivity contribution in [3.8, 4) is 11.5 Å². The highest BCUT2D eigenvalue weighted by atomic mass is 35.5. The first-order valence-electron chi connectivity index (χ1n) is 6.35. The molecule has 0 heterocycles. The number of hydrogen-bond donors (Lipinski definition) is 1. The Morgan fingerprint density at radius 3 is 2.57 bits per heavy atom. The van der Waals surface area contributed by atoms with Crippen molar-refractivity contribution in [2.45, 2.75) is 20.4 Å². The zero-order valence-corrected chi connectivity index (χ0v) is 12.5. The molecule has 0 unspecified atom stereocenters. The minimum atomic E-state index is -0.427. The van der Waals surface area contributed by atoms with Crippen LogP contribution in [-0.2, 0) is 6.54 Å². The van der Waals surface area contributed by atoms with E-state index in [9.17, 15) is 10.1 Å². The Bertz CT molecular complexity index is 702. The van der Waals surface area contributed by atoms with Crippen LogP contribution in [-0.4, -0.2) is 4.92 Å². The van der Waals surface area contributed by atoms with Gasteiger partial charge in [-0.05, 0) is 37.6 Å². The van der Waals surface area contributed by atoms with E-state index < -0.39 is 4.92 Å². The lowest BCUT2D eigenvalue weighted by atomic mass is 10.1. The monoisotopic (exact) mass is 306 g/mol. The molecule has 0 saturated carbocycles. The third kappa shape index (κ3) is 3.15. The van der Waals surface area contributed by atoms with Crippen molar-refractivity contribution in [1.29, 1.82) is 0 Å². The van der Waals surface area contributed by atoms with Crippen molar-refractivity contribution >= 4 is 17.3 Å². The number of nitrogens with two attached hydrogens (primary N) is 1. The van der Waals surface area contributed by atoms with E-state index in [2.05, 4.69) is 0 Å². The zero-order valence-electron chi connectivity index (χ0n) is 11.7. The molecule has 2 rings (SSSR count). The number of nitrogens with zero attached hydrogens (tertiary/aromatic N) is 1. The molecule has 5 nitrogen and oxygen atoms in total. The summed E-state index contributed by atoms with van der Waals surface area (Å²) in [7, 11) is 0. The Labute approximate surface area is 127 Å². The average molecular weight is 307 g/mol. The van der Waals surface area contributed by atoms with Crippen LogP contribution in [0.3, 0.4) is 0 Å². The van der Waals surface area contributed by atoms with Gasteiger partial charge in [0.1, 0.15) is 11.5 Å². The summed E-state index contributed by atoms with van der Waals surface area (Å²) in [5.41, 5.74) is 7.76. The molecule has 0 aliphatic heterocycles. The van der Waals surface area contributed by atoms with Gasteiger partial charge in [0, 0.05) is 22.7 Å². The predicted molar refractivity (Wildman–Crippen MR) is 82.0 cm³/mol. The largest absolute Gasteiger partial charge is 0.456 e. The minimum Gasteiger partial charge on any atom is -0.456 e. The van der Waals surface area contributed by atoms with Gasteiger partial charge in [-0.25, -0.2) is 0 Å². The molecule has 0 amide bonds. The van der Waals surface area contributed by atoms with Crippen molar-refractivity contribution in [3.63, 3.8) is 0 Å². The van der Waals surface area contributed by atoms with Gasteiger partial charge >= 0.3 is 0 Å². The second-order valence-electron chi connectivity index (χ2n) is 4.68. The fraction of sp³-hybridized carbons (Fsp3) is 0.200. The van der Waals surface area contributed by atoms with Crippen molar-refractivity contribution in [3.05, 3.63) is 62.2 Å². The van der Waals surface area contributed by atoms with Crippen molar-refractivity contribution in [2.24, 2.45) is 5.73 Å². The molecule has 0 spiro atoms. The molecule has 2 aromatic rings. The molecule has 2 aromatic carbocycles. The van der Waals surface area contributed by atoms with Crippen LogP contribution in [0.15, 0.2) is 30.3 Å². The van der Waals surface area contributed by atoms with Gasteiger partial charge in [-0.1, -0.05) is 17.7 Å². The number of nitro groups is 1. The van der Waals surface area contributed by atoms with Crippen LogP contribution in [0.25, 0.3) is 0 Å². The third-order valence-electron chi connectivity index (χ3n) is 3.19. The van der Waals surface area contributed by atoms with Crippen LogP contribution >= 0.6 is 11.6 Å². The summed E-state index contributed by atoms with van der Waals surface area (Å²) < 4.78 is 5.79. The van der Waals surface area contributed by atoms with Gasteiger partial charge in [0.15, 0.2) is 0 Å². The molecule has 0 atom stereocenters. The van der Waals surface area contributed by atoms with Crippen LogP contribution in [0.1, 0.15) is 16.7 Å². The predicted octanol–water partition coefficient (Wildman–Crippen LogP) is 4.12. The summed E-state index contributed by atoms with van der Waals surface area (Å²) in [6.07, 6.45) is 0. The Morgan fingerprint density at radius 1 is 1.24 bits per heavy atom. The van der Waals surface area contributed by atoms with E-state index in [0.717, 1.165) is 5.56 Å². The van der Waals surface area contributed by atoms with E-state index in [-0.39, 0.29) is 12.2 Å². The van der Waals surface area contributed by atoms with Crippen molar-refractivity contribution < 1.29 is 9.66 Å². The molecule has 0 saturated heterocycles. The Balaban J connectivity index is 2.47.